The van der Waals surface area contributed by atoms with Gasteiger partial charge in [0, 0.05) is 17.8 Å². The number of methoxy groups -OCH3 is 2. The van der Waals surface area contributed by atoms with E-state index in [0.717, 1.165) is 16.9 Å². The van der Waals surface area contributed by atoms with Crippen LogP contribution in [0.4, 0.5) is 17.1 Å². The van der Waals surface area contributed by atoms with Gasteiger partial charge in [0.15, 0.2) is 11.5 Å². The Morgan fingerprint density at radius 1 is 0.900 bits per heavy atom. The molecule has 2 aromatic rings. The third-order valence-corrected chi connectivity index (χ3v) is 3.22. The van der Waals surface area contributed by atoms with Crippen LogP contribution in [0.2, 0.25) is 0 Å². The van der Waals surface area contributed by atoms with Crippen molar-refractivity contribution in [3.63, 3.8) is 0 Å². The van der Waals surface area contributed by atoms with Crippen LogP contribution in [-0.4, -0.2) is 14.2 Å². The Morgan fingerprint density at radius 3 is 2.20 bits per heavy atom. The van der Waals surface area contributed by atoms with Gasteiger partial charge < -0.3 is 20.5 Å². The van der Waals surface area contributed by atoms with Crippen LogP contribution >= 0.6 is 0 Å². The second kappa shape index (κ2) is 5.74. The Labute approximate surface area is 119 Å². The number of nitrogen functional groups attached to an aromatic ring is 1. The summed E-state index contributed by atoms with van der Waals surface area (Å²) in [5.74, 6) is 1.27. The maximum absolute atomic E-state index is 6.06. The summed E-state index contributed by atoms with van der Waals surface area (Å²) in [7, 11) is 3.20. The van der Waals surface area contributed by atoms with Crippen molar-refractivity contribution in [2.24, 2.45) is 0 Å². The van der Waals surface area contributed by atoms with Gasteiger partial charge in [-0.2, -0.15) is 0 Å². The SMILES string of the molecule is COc1cc(N)c(Nc2cc(C)ccc2C)cc1OC. The molecule has 0 aliphatic carbocycles. The van der Waals surface area contributed by atoms with Crippen LogP contribution in [0, 0.1) is 13.8 Å². The lowest BCUT2D eigenvalue weighted by Gasteiger charge is -2.15. The van der Waals surface area contributed by atoms with Gasteiger partial charge in [0.05, 0.1) is 25.6 Å². The highest BCUT2D eigenvalue weighted by molar-refractivity contribution is 5.77. The van der Waals surface area contributed by atoms with Crippen LogP contribution < -0.4 is 20.5 Å². The van der Waals surface area contributed by atoms with E-state index in [1.54, 1.807) is 20.3 Å². The van der Waals surface area contributed by atoms with Crippen molar-refractivity contribution >= 4 is 17.1 Å². The van der Waals surface area contributed by atoms with E-state index >= 15 is 0 Å². The Morgan fingerprint density at radius 2 is 1.55 bits per heavy atom. The van der Waals surface area contributed by atoms with E-state index < -0.39 is 0 Å². The van der Waals surface area contributed by atoms with Gasteiger partial charge in [-0.05, 0) is 31.0 Å². The monoisotopic (exact) mass is 272 g/mol. The Bertz CT molecular complexity index is 624. The number of ether oxygens (including phenoxy) is 2. The zero-order valence-corrected chi connectivity index (χ0v) is 12.3. The molecule has 0 fully saturated rings. The smallest absolute Gasteiger partial charge is 0.162 e. The minimum Gasteiger partial charge on any atom is -0.493 e. The number of anilines is 3. The van der Waals surface area contributed by atoms with Gasteiger partial charge >= 0.3 is 0 Å². The van der Waals surface area contributed by atoms with Gasteiger partial charge in [-0.3, -0.25) is 0 Å². The molecule has 20 heavy (non-hydrogen) atoms. The molecule has 0 amide bonds. The van der Waals surface area contributed by atoms with Crippen molar-refractivity contribution in [2.45, 2.75) is 13.8 Å². The molecule has 2 rings (SSSR count). The zero-order chi connectivity index (χ0) is 14.7. The van der Waals surface area contributed by atoms with Crippen molar-refractivity contribution in [2.75, 3.05) is 25.3 Å². The third-order valence-electron chi connectivity index (χ3n) is 3.22. The van der Waals surface area contributed by atoms with Crippen LogP contribution in [-0.2, 0) is 0 Å². The van der Waals surface area contributed by atoms with Crippen molar-refractivity contribution in [3.05, 3.63) is 41.5 Å². The molecule has 0 saturated heterocycles. The lowest BCUT2D eigenvalue weighted by Crippen LogP contribution is -2.00. The molecule has 3 N–H and O–H groups in total. The van der Waals surface area contributed by atoms with Crippen LogP contribution in [0.5, 0.6) is 11.5 Å². The predicted octanol–water partition coefficient (Wildman–Crippen LogP) is 3.65. The number of aryl methyl sites for hydroxylation is 2. The fraction of sp³-hybridized carbons (Fsp3) is 0.250. The average Bonchev–Trinajstić information content (AvgIpc) is 2.44. The number of hydrogen-bond donors (Lipinski definition) is 2. The molecule has 106 valence electrons. The first-order valence-corrected chi connectivity index (χ1v) is 6.41. The zero-order valence-electron chi connectivity index (χ0n) is 12.3. The molecule has 4 heteroatoms. The van der Waals surface area contributed by atoms with E-state index in [1.165, 1.54) is 5.56 Å². The first-order valence-electron chi connectivity index (χ1n) is 6.41. The topological polar surface area (TPSA) is 56.5 Å². The van der Waals surface area contributed by atoms with E-state index in [-0.39, 0.29) is 0 Å². The summed E-state index contributed by atoms with van der Waals surface area (Å²) in [6.45, 7) is 4.11. The van der Waals surface area contributed by atoms with Crippen LogP contribution in [0.15, 0.2) is 30.3 Å². The first kappa shape index (κ1) is 14.1. The van der Waals surface area contributed by atoms with Gasteiger partial charge in [-0.1, -0.05) is 12.1 Å². The lowest BCUT2D eigenvalue weighted by atomic mass is 10.1. The summed E-state index contributed by atoms with van der Waals surface area (Å²) in [5.41, 5.74) is 10.9. The largest absolute Gasteiger partial charge is 0.493 e. The van der Waals surface area contributed by atoms with Crippen LogP contribution in [0.25, 0.3) is 0 Å². The molecule has 0 bridgehead atoms. The molecule has 4 nitrogen and oxygen atoms in total. The molecule has 0 spiro atoms. The van der Waals surface area contributed by atoms with E-state index in [0.29, 0.717) is 17.2 Å². The summed E-state index contributed by atoms with van der Waals surface area (Å²) < 4.78 is 10.5. The van der Waals surface area contributed by atoms with Gasteiger partial charge in [-0.15, -0.1) is 0 Å². The second-order valence-electron chi connectivity index (χ2n) is 4.74. The van der Waals surface area contributed by atoms with Gasteiger partial charge in [-0.25, -0.2) is 0 Å². The lowest BCUT2D eigenvalue weighted by molar-refractivity contribution is 0.355. The molecule has 0 aliphatic heterocycles. The number of benzene rings is 2. The van der Waals surface area contributed by atoms with E-state index in [4.69, 9.17) is 15.2 Å². The molecule has 0 saturated carbocycles. The molecule has 0 aromatic heterocycles. The number of hydrogen-bond acceptors (Lipinski definition) is 4. The maximum Gasteiger partial charge on any atom is 0.162 e. The standard InChI is InChI=1S/C16H20N2O2/c1-10-5-6-11(2)13(7-10)18-14-9-16(20-4)15(19-3)8-12(14)17/h5-9,18H,17H2,1-4H3. The predicted molar refractivity (Wildman–Crippen MR) is 83.2 cm³/mol. The highest BCUT2D eigenvalue weighted by Gasteiger charge is 2.10. The van der Waals surface area contributed by atoms with E-state index in [9.17, 15) is 0 Å². The minimum absolute atomic E-state index is 0.614. The summed E-state index contributed by atoms with van der Waals surface area (Å²) in [6, 6.07) is 9.85. The van der Waals surface area contributed by atoms with Crippen molar-refractivity contribution in [1.29, 1.82) is 0 Å². The summed E-state index contributed by atoms with van der Waals surface area (Å²) in [4.78, 5) is 0. The number of rotatable bonds is 4. The van der Waals surface area contributed by atoms with Gasteiger partial charge in [0.2, 0.25) is 0 Å². The molecular formula is C16H20N2O2. The average molecular weight is 272 g/mol. The Kier molecular flexibility index (Phi) is 4.03. The van der Waals surface area contributed by atoms with E-state index in [1.807, 2.05) is 6.07 Å². The van der Waals surface area contributed by atoms with Crippen molar-refractivity contribution < 1.29 is 9.47 Å². The van der Waals surface area contributed by atoms with Crippen molar-refractivity contribution in [3.8, 4) is 11.5 Å². The third kappa shape index (κ3) is 2.79. The normalized spacial score (nSPS) is 10.2. The summed E-state index contributed by atoms with van der Waals surface area (Å²) in [5, 5.41) is 3.35. The quantitative estimate of drug-likeness (QED) is 0.834. The highest BCUT2D eigenvalue weighted by atomic mass is 16.5. The number of nitrogens with one attached hydrogen (secondary N) is 1. The fourth-order valence-electron chi connectivity index (χ4n) is 2.02. The van der Waals surface area contributed by atoms with Crippen LogP contribution in [0.3, 0.4) is 0 Å². The number of nitrogens with two attached hydrogens (primary N) is 1. The molecule has 2 aromatic carbocycles. The summed E-state index contributed by atoms with van der Waals surface area (Å²) >= 11 is 0. The highest BCUT2D eigenvalue weighted by Crippen LogP contribution is 2.36. The molecule has 0 unspecified atom stereocenters. The van der Waals surface area contributed by atoms with Gasteiger partial charge in [0.1, 0.15) is 0 Å². The minimum atomic E-state index is 0.614. The maximum atomic E-state index is 6.06. The Balaban J connectivity index is 2.40. The molecule has 0 radical (unpaired) electrons. The molecule has 0 atom stereocenters. The second-order valence-corrected chi connectivity index (χ2v) is 4.74. The summed E-state index contributed by atoms with van der Waals surface area (Å²) in [6.07, 6.45) is 0. The molecule has 0 heterocycles. The van der Waals surface area contributed by atoms with Crippen molar-refractivity contribution in [1.82, 2.24) is 0 Å². The van der Waals surface area contributed by atoms with Gasteiger partial charge in [0.25, 0.3) is 0 Å². The Hall–Kier alpha value is -2.36. The van der Waals surface area contributed by atoms with Crippen LogP contribution in [0.1, 0.15) is 11.1 Å². The first-order chi connectivity index (χ1) is 9.55. The fourth-order valence-corrected chi connectivity index (χ4v) is 2.02. The van der Waals surface area contributed by atoms with E-state index in [2.05, 4.69) is 37.4 Å². The molecular weight excluding hydrogens is 252 g/mol. The molecule has 0 aliphatic rings.